The highest BCUT2D eigenvalue weighted by Crippen LogP contribution is 2.28. The molecule has 0 saturated carbocycles. The average molecular weight is 423 g/mol. The highest BCUT2D eigenvalue weighted by Gasteiger charge is 2.21. The zero-order valence-corrected chi connectivity index (χ0v) is 18.1. The van der Waals surface area contributed by atoms with Crippen LogP contribution in [0.4, 0.5) is 0 Å². The topological polar surface area (TPSA) is 41.5 Å². The molecule has 2 rings (SSSR count). The molecule has 0 spiro atoms. The lowest BCUT2D eigenvalue weighted by molar-refractivity contribution is -0.118. The van der Waals surface area contributed by atoms with Gasteiger partial charge in [-0.2, -0.15) is 5.10 Å². The maximum atomic E-state index is 12.0. The van der Waals surface area contributed by atoms with Gasteiger partial charge in [0.1, 0.15) is 0 Å². The summed E-state index contributed by atoms with van der Waals surface area (Å²) >= 11 is 13.7. The number of hydrazone groups is 1. The van der Waals surface area contributed by atoms with E-state index in [0.29, 0.717) is 21.6 Å². The van der Waals surface area contributed by atoms with Crippen LogP contribution in [0.3, 0.4) is 0 Å². The summed E-state index contributed by atoms with van der Waals surface area (Å²) in [4.78, 5) is 12.0. The Balaban J connectivity index is 1.82. The number of carbonyl (C=O) groups is 1. The van der Waals surface area contributed by atoms with Crippen molar-refractivity contribution in [3.05, 3.63) is 69.7 Å². The van der Waals surface area contributed by atoms with E-state index in [1.54, 1.807) is 18.2 Å². The third-order valence-electron chi connectivity index (χ3n) is 4.17. The molecule has 144 valence electrons. The summed E-state index contributed by atoms with van der Waals surface area (Å²) in [5, 5.41) is 5.48. The molecule has 0 saturated heterocycles. The van der Waals surface area contributed by atoms with Gasteiger partial charge in [0.05, 0.1) is 5.75 Å². The SMILES string of the molecule is C/C(CC(C)(C)c1ccccc1)=N/NC(=O)CSCc1c(Cl)cccc1Cl. The molecule has 0 heterocycles. The number of rotatable bonds is 8. The quantitative estimate of drug-likeness (QED) is 0.413. The molecule has 6 heteroatoms. The van der Waals surface area contributed by atoms with Crippen LogP contribution in [0.2, 0.25) is 10.0 Å². The van der Waals surface area contributed by atoms with E-state index < -0.39 is 0 Å². The standard InChI is InChI=1S/C21H24Cl2N2OS/c1-15(12-21(2,3)16-8-5-4-6-9-16)24-25-20(26)14-27-13-17-18(22)10-7-11-19(17)23/h4-11H,12-14H2,1-3H3,(H,25,26)/b24-15-. The molecule has 0 aliphatic heterocycles. The van der Waals surface area contributed by atoms with Gasteiger partial charge in [-0.3, -0.25) is 4.79 Å². The Morgan fingerprint density at radius 3 is 2.33 bits per heavy atom. The summed E-state index contributed by atoms with van der Waals surface area (Å²) in [7, 11) is 0. The van der Waals surface area contributed by atoms with Crippen molar-refractivity contribution in [2.75, 3.05) is 5.75 Å². The summed E-state index contributed by atoms with van der Waals surface area (Å²) in [5.41, 5.74) is 5.57. The number of halogens is 2. The normalized spacial score (nSPS) is 12.1. The van der Waals surface area contributed by atoms with Crippen LogP contribution in [-0.2, 0) is 16.0 Å². The van der Waals surface area contributed by atoms with Gasteiger partial charge < -0.3 is 0 Å². The first-order valence-electron chi connectivity index (χ1n) is 8.68. The zero-order chi connectivity index (χ0) is 19.9. The number of thioether (sulfide) groups is 1. The molecule has 0 fully saturated rings. The predicted molar refractivity (Wildman–Crippen MR) is 118 cm³/mol. The predicted octanol–water partition coefficient (Wildman–Crippen LogP) is 6.09. The zero-order valence-electron chi connectivity index (χ0n) is 15.8. The number of carbonyl (C=O) groups excluding carboxylic acids is 1. The van der Waals surface area contributed by atoms with E-state index in [9.17, 15) is 4.79 Å². The van der Waals surface area contributed by atoms with E-state index in [1.807, 2.05) is 25.1 Å². The molecule has 0 unspecified atom stereocenters. The van der Waals surface area contributed by atoms with E-state index in [4.69, 9.17) is 23.2 Å². The molecule has 0 atom stereocenters. The number of nitrogens with one attached hydrogen (secondary N) is 1. The van der Waals surface area contributed by atoms with Crippen molar-refractivity contribution < 1.29 is 4.79 Å². The Morgan fingerprint density at radius 1 is 1.07 bits per heavy atom. The second-order valence-corrected chi connectivity index (χ2v) is 8.80. The monoisotopic (exact) mass is 422 g/mol. The molecular weight excluding hydrogens is 399 g/mol. The highest BCUT2D eigenvalue weighted by atomic mass is 35.5. The fourth-order valence-electron chi connectivity index (χ4n) is 2.78. The molecule has 2 aromatic carbocycles. The largest absolute Gasteiger partial charge is 0.272 e. The molecular formula is C21H24Cl2N2OS. The Kier molecular flexibility index (Phi) is 8.21. The Bertz CT molecular complexity index is 787. The Hall–Kier alpha value is -1.49. The van der Waals surface area contributed by atoms with Crippen LogP contribution >= 0.6 is 35.0 Å². The van der Waals surface area contributed by atoms with Crippen LogP contribution in [0.1, 0.15) is 38.3 Å². The van der Waals surface area contributed by atoms with E-state index in [1.165, 1.54) is 17.3 Å². The van der Waals surface area contributed by atoms with Gasteiger partial charge in [0.15, 0.2) is 0 Å². The molecule has 1 N–H and O–H groups in total. The summed E-state index contributed by atoms with van der Waals surface area (Å²) < 4.78 is 0. The first-order valence-corrected chi connectivity index (χ1v) is 10.6. The summed E-state index contributed by atoms with van der Waals surface area (Å²) in [6.07, 6.45) is 0.764. The molecule has 3 nitrogen and oxygen atoms in total. The number of hydrogen-bond donors (Lipinski definition) is 1. The summed E-state index contributed by atoms with van der Waals surface area (Å²) in [6.45, 7) is 6.28. The minimum atomic E-state index is -0.139. The van der Waals surface area contributed by atoms with Gasteiger partial charge in [-0.1, -0.05) is 73.4 Å². The number of hydrogen-bond acceptors (Lipinski definition) is 3. The molecule has 0 aromatic heterocycles. The first-order chi connectivity index (χ1) is 12.8. The van der Waals surface area contributed by atoms with Crippen LogP contribution in [0.25, 0.3) is 0 Å². The van der Waals surface area contributed by atoms with Crippen LogP contribution < -0.4 is 5.43 Å². The van der Waals surface area contributed by atoms with Crippen LogP contribution in [0.5, 0.6) is 0 Å². The minimum Gasteiger partial charge on any atom is -0.272 e. The summed E-state index contributed by atoms with van der Waals surface area (Å²) in [5.74, 6) is 0.732. The van der Waals surface area contributed by atoms with Gasteiger partial charge in [0.2, 0.25) is 5.91 Å². The van der Waals surface area contributed by atoms with Gasteiger partial charge in [-0.05, 0) is 42.0 Å². The van der Waals surface area contributed by atoms with E-state index in [0.717, 1.165) is 17.7 Å². The maximum Gasteiger partial charge on any atom is 0.250 e. The van der Waals surface area contributed by atoms with Crippen LogP contribution in [0, 0.1) is 0 Å². The van der Waals surface area contributed by atoms with Crippen LogP contribution in [0.15, 0.2) is 53.6 Å². The molecule has 2 aromatic rings. The van der Waals surface area contributed by atoms with Crippen molar-refractivity contribution in [3.8, 4) is 0 Å². The molecule has 0 radical (unpaired) electrons. The van der Waals surface area contributed by atoms with Gasteiger partial charge >= 0.3 is 0 Å². The van der Waals surface area contributed by atoms with E-state index in [2.05, 4.69) is 36.5 Å². The molecule has 0 aliphatic rings. The van der Waals surface area contributed by atoms with E-state index in [-0.39, 0.29) is 11.3 Å². The Labute approximate surface area is 175 Å². The highest BCUT2D eigenvalue weighted by molar-refractivity contribution is 7.99. The average Bonchev–Trinajstić information content (AvgIpc) is 2.63. The van der Waals surface area contributed by atoms with Crippen molar-refractivity contribution in [2.45, 2.75) is 38.4 Å². The van der Waals surface area contributed by atoms with Gasteiger partial charge in [-0.25, -0.2) is 5.43 Å². The van der Waals surface area contributed by atoms with Crippen molar-refractivity contribution in [1.82, 2.24) is 5.43 Å². The second-order valence-electron chi connectivity index (χ2n) is 7.00. The molecule has 27 heavy (non-hydrogen) atoms. The minimum absolute atomic E-state index is 0.0465. The third kappa shape index (κ3) is 6.87. The number of amides is 1. The fourth-order valence-corrected chi connectivity index (χ4v) is 4.33. The summed E-state index contributed by atoms with van der Waals surface area (Å²) in [6, 6.07) is 15.7. The lowest BCUT2D eigenvalue weighted by atomic mass is 9.80. The number of benzene rings is 2. The third-order valence-corrected chi connectivity index (χ3v) is 5.83. The lowest BCUT2D eigenvalue weighted by Gasteiger charge is -2.25. The van der Waals surface area contributed by atoms with Crippen molar-refractivity contribution in [1.29, 1.82) is 0 Å². The van der Waals surface area contributed by atoms with E-state index >= 15 is 0 Å². The van der Waals surface area contributed by atoms with Crippen molar-refractivity contribution in [2.24, 2.45) is 5.10 Å². The second kappa shape index (κ2) is 10.2. The van der Waals surface area contributed by atoms with Gasteiger partial charge in [-0.15, -0.1) is 11.8 Å². The van der Waals surface area contributed by atoms with Crippen molar-refractivity contribution in [3.63, 3.8) is 0 Å². The lowest BCUT2D eigenvalue weighted by Crippen LogP contribution is -2.25. The molecule has 0 bridgehead atoms. The smallest absolute Gasteiger partial charge is 0.250 e. The molecule has 0 aliphatic carbocycles. The maximum absolute atomic E-state index is 12.0. The van der Waals surface area contributed by atoms with Gasteiger partial charge in [0.25, 0.3) is 0 Å². The first kappa shape index (κ1) is 21.8. The number of nitrogens with zero attached hydrogens (tertiary/aromatic N) is 1. The van der Waals surface area contributed by atoms with Crippen molar-refractivity contribution >= 4 is 46.6 Å². The Morgan fingerprint density at radius 2 is 1.70 bits per heavy atom. The van der Waals surface area contributed by atoms with Gasteiger partial charge in [0, 0.05) is 21.5 Å². The molecule has 1 amide bonds. The fraction of sp³-hybridized carbons (Fsp3) is 0.333. The van der Waals surface area contributed by atoms with Crippen LogP contribution in [-0.4, -0.2) is 17.4 Å².